The normalized spacial score (nSPS) is 27.1. The molecule has 3 aliphatic rings. The topological polar surface area (TPSA) is 57.3 Å². The summed E-state index contributed by atoms with van der Waals surface area (Å²) in [6, 6.07) is 12.1. The predicted octanol–water partition coefficient (Wildman–Crippen LogP) is 3.67. The Bertz CT molecular complexity index is 761. The zero-order chi connectivity index (χ0) is 17.9. The molecular formula is C20H23BrN4O. The first kappa shape index (κ1) is 17.5. The van der Waals surface area contributed by atoms with Gasteiger partial charge in [0.25, 0.3) is 0 Å². The van der Waals surface area contributed by atoms with Crippen molar-refractivity contribution in [2.24, 2.45) is 5.92 Å². The Balaban J connectivity index is 1.46. The maximum atomic E-state index is 12.6. The van der Waals surface area contributed by atoms with Gasteiger partial charge in [-0.25, -0.2) is 4.79 Å². The summed E-state index contributed by atoms with van der Waals surface area (Å²) < 4.78 is 0.951. The Kier molecular flexibility index (Phi) is 5.22. The van der Waals surface area contributed by atoms with Crippen LogP contribution in [0, 0.1) is 5.92 Å². The SMILES string of the molecule is O=C(Nc1cccc(Br)c1)N[C@@H]1C2CCN(CC2)[C@@H]1Cc1cccnc1. The van der Waals surface area contributed by atoms with Crippen LogP contribution in [0.3, 0.4) is 0 Å². The third-order valence-electron chi connectivity index (χ3n) is 5.51. The van der Waals surface area contributed by atoms with Crippen LogP contribution < -0.4 is 10.6 Å². The lowest BCUT2D eigenvalue weighted by molar-refractivity contribution is 0.0184. The number of urea groups is 1. The lowest BCUT2D eigenvalue weighted by atomic mass is 9.77. The molecule has 1 aromatic heterocycles. The zero-order valence-corrected chi connectivity index (χ0v) is 16.2. The first-order valence-corrected chi connectivity index (χ1v) is 9.94. The van der Waals surface area contributed by atoms with Gasteiger partial charge in [-0.15, -0.1) is 0 Å². The molecule has 2 amide bonds. The Hall–Kier alpha value is -1.92. The number of aromatic nitrogens is 1. The van der Waals surface area contributed by atoms with Crippen molar-refractivity contribution in [1.29, 1.82) is 0 Å². The van der Waals surface area contributed by atoms with Gasteiger partial charge >= 0.3 is 6.03 Å². The second kappa shape index (κ2) is 7.76. The van der Waals surface area contributed by atoms with E-state index in [1.54, 1.807) is 6.20 Å². The number of carbonyl (C=O) groups is 1. The largest absolute Gasteiger partial charge is 0.333 e. The Labute approximate surface area is 162 Å². The highest BCUT2D eigenvalue weighted by Crippen LogP contribution is 2.34. The van der Waals surface area contributed by atoms with Crippen molar-refractivity contribution >= 4 is 27.6 Å². The summed E-state index contributed by atoms with van der Waals surface area (Å²) in [5.41, 5.74) is 2.02. The lowest BCUT2D eigenvalue weighted by Crippen LogP contribution is -2.64. The number of hydrogen-bond donors (Lipinski definition) is 2. The van der Waals surface area contributed by atoms with E-state index in [0.717, 1.165) is 42.5 Å². The second-order valence-electron chi connectivity index (χ2n) is 7.14. The third-order valence-corrected chi connectivity index (χ3v) is 6.01. The fourth-order valence-electron chi connectivity index (χ4n) is 4.27. The number of nitrogens with zero attached hydrogens (tertiary/aromatic N) is 2. The molecule has 3 saturated heterocycles. The van der Waals surface area contributed by atoms with Crippen LogP contribution in [0.25, 0.3) is 0 Å². The van der Waals surface area contributed by atoms with E-state index >= 15 is 0 Å². The van der Waals surface area contributed by atoms with E-state index in [0.29, 0.717) is 12.0 Å². The molecule has 1 aromatic carbocycles. The van der Waals surface area contributed by atoms with Crippen molar-refractivity contribution in [2.45, 2.75) is 31.3 Å². The molecule has 26 heavy (non-hydrogen) atoms. The van der Waals surface area contributed by atoms with E-state index in [4.69, 9.17) is 0 Å². The van der Waals surface area contributed by atoms with Crippen molar-refractivity contribution in [2.75, 3.05) is 18.4 Å². The summed E-state index contributed by atoms with van der Waals surface area (Å²) in [6.45, 7) is 2.25. The molecule has 0 unspecified atom stereocenters. The number of benzene rings is 1. The van der Waals surface area contributed by atoms with Crippen LogP contribution in [-0.2, 0) is 6.42 Å². The molecule has 0 radical (unpaired) electrons. The van der Waals surface area contributed by atoms with Crippen LogP contribution in [0.4, 0.5) is 10.5 Å². The molecule has 5 rings (SSSR count). The minimum atomic E-state index is -0.127. The number of pyridine rings is 1. The zero-order valence-electron chi connectivity index (χ0n) is 14.6. The van der Waals surface area contributed by atoms with E-state index in [1.165, 1.54) is 5.56 Å². The number of amides is 2. The number of rotatable bonds is 4. The van der Waals surface area contributed by atoms with Gasteiger partial charge in [-0.3, -0.25) is 9.88 Å². The molecule has 2 aromatic rings. The van der Waals surface area contributed by atoms with E-state index in [1.807, 2.05) is 36.5 Å². The number of fused-ring (bicyclic) bond motifs is 3. The second-order valence-corrected chi connectivity index (χ2v) is 8.06. The maximum Gasteiger partial charge on any atom is 0.319 e. The smallest absolute Gasteiger partial charge is 0.319 e. The molecule has 136 valence electrons. The highest BCUT2D eigenvalue weighted by atomic mass is 79.9. The summed E-state index contributed by atoms with van der Waals surface area (Å²) in [5.74, 6) is 0.551. The van der Waals surface area contributed by atoms with E-state index < -0.39 is 0 Å². The van der Waals surface area contributed by atoms with E-state index in [-0.39, 0.29) is 12.1 Å². The molecule has 3 fully saturated rings. The van der Waals surface area contributed by atoms with Crippen LogP contribution in [0.1, 0.15) is 18.4 Å². The molecule has 0 aliphatic carbocycles. The fraction of sp³-hybridized carbons (Fsp3) is 0.400. The predicted molar refractivity (Wildman–Crippen MR) is 106 cm³/mol. The number of nitrogens with one attached hydrogen (secondary N) is 2. The van der Waals surface area contributed by atoms with Gasteiger partial charge in [-0.05, 0) is 68.1 Å². The van der Waals surface area contributed by atoms with Crippen molar-refractivity contribution in [3.8, 4) is 0 Å². The average Bonchev–Trinajstić information content (AvgIpc) is 2.65. The highest BCUT2D eigenvalue weighted by Gasteiger charge is 2.42. The fourth-order valence-corrected chi connectivity index (χ4v) is 4.67. The van der Waals surface area contributed by atoms with Crippen molar-refractivity contribution in [1.82, 2.24) is 15.2 Å². The number of anilines is 1. The molecule has 0 spiro atoms. The molecule has 3 aliphatic heterocycles. The van der Waals surface area contributed by atoms with Gasteiger partial charge in [0.1, 0.15) is 0 Å². The quantitative estimate of drug-likeness (QED) is 0.801. The van der Waals surface area contributed by atoms with Gasteiger partial charge in [-0.2, -0.15) is 0 Å². The first-order chi connectivity index (χ1) is 12.7. The van der Waals surface area contributed by atoms with Crippen molar-refractivity contribution in [3.63, 3.8) is 0 Å². The van der Waals surface area contributed by atoms with Gasteiger partial charge in [0.2, 0.25) is 0 Å². The van der Waals surface area contributed by atoms with E-state index in [9.17, 15) is 4.79 Å². The van der Waals surface area contributed by atoms with Gasteiger partial charge in [0.05, 0.1) is 0 Å². The monoisotopic (exact) mass is 414 g/mol. The molecular weight excluding hydrogens is 392 g/mol. The van der Waals surface area contributed by atoms with Crippen molar-refractivity contribution < 1.29 is 4.79 Å². The van der Waals surface area contributed by atoms with Gasteiger partial charge in [-0.1, -0.05) is 28.1 Å². The number of halogens is 1. The third kappa shape index (κ3) is 3.91. The Morgan fingerprint density at radius 3 is 2.81 bits per heavy atom. The molecule has 0 saturated carbocycles. The maximum absolute atomic E-state index is 12.6. The minimum Gasteiger partial charge on any atom is -0.333 e. The minimum absolute atomic E-state index is 0.127. The van der Waals surface area contributed by atoms with Crippen LogP contribution in [0.2, 0.25) is 0 Å². The standard InChI is InChI=1S/C20H23BrN4O/c21-16-4-1-5-17(12-16)23-20(26)24-19-15-6-9-25(10-7-15)18(19)11-14-3-2-8-22-13-14/h1-5,8,12-13,15,18-19H,6-7,9-11H2,(H2,23,24,26)/t18-,19-/m1/s1. The van der Waals surface area contributed by atoms with Crippen LogP contribution in [-0.4, -0.2) is 41.1 Å². The van der Waals surface area contributed by atoms with Crippen molar-refractivity contribution in [3.05, 3.63) is 58.8 Å². The van der Waals surface area contributed by atoms with E-state index in [2.05, 4.69) is 42.5 Å². The molecule has 5 nitrogen and oxygen atoms in total. The number of hydrogen-bond acceptors (Lipinski definition) is 3. The molecule has 4 heterocycles. The highest BCUT2D eigenvalue weighted by molar-refractivity contribution is 9.10. The molecule has 2 N–H and O–H groups in total. The molecule has 2 bridgehead atoms. The average molecular weight is 415 g/mol. The van der Waals surface area contributed by atoms with Crippen LogP contribution in [0.5, 0.6) is 0 Å². The summed E-state index contributed by atoms with van der Waals surface area (Å²) in [7, 11) is 0. The number of carbonyl (C=O) groups excluding carboxylic acids is 1. The summed E-state index contributed by atoms with van der Waals surface area (Å²) in [6.07, 6.45) is 6.98. The van der Waals surface area contributed by atoms with Gasteiger partial charge in [0, 0.05) is 34.6 Å². The van der Waals surface area contributed by atoms with Gasteiger partial charge in [0.15, 0.2) is 0 Å². The lowest BCUT2D eigenvalue weighted by Gasteiger charge is -2.51. The van der Waals surface area contributed by atoms with Crippen LogP contribution in [0.15, 0.2) is 53.3 Å². The Morgan fingerprint density at radius 2 is 2.08 bits per heavy atom. The van der Waals surface area contributed by atoms with Gasteiger partial charge < -0.3 is 10.6 Å². The molecule has 2 atom stereocenters. The summed E-state index contributed by atoms with van der Waals surface area (Å²) >= 11 is 3.44. The number of piperidine rings is 3. The Morgan fingerprint density at radius 1 is 1.23 bits per heavy atom. The molecule has 6 heteroatoms. The summed E-state index contributed by atoms with van der Waals surface area (Å²) in [4.78, 5) is 19.4. The first-order valence-electron chi connectivity index (χ1n) is 9.15. The summed E-state index contributed by atoms with van der Waals surface area (Å²) in [5, 5.41) is 6.22. The van der Waals surface area contributed by atoms with Crippen LogP contribution >= 0.6 is 15.9 Å².